The third kappa shape index (κ3) is 31.6. The third-order valence-electron chi connectivity index (χ3n) is 1.97. The molecule has 2 atom stereocenters. The minimum absolute atomic E-state index is 0. The summed E-state index contributed by atoms with van der Waals surface area (Å²) in [5.41, 5.74) is 0. The van der Waals surface area contributed by atoms with Gasteiger partial charge in [0, 0.05) is 16.1 Å². The van der Waals surface area contributed by atoms with Crippen LogP contribution in [0.5, 0.6) is 0 Å². The molecule has 0 aromatic heterocycles. The molecule has 0 aromatic carbocycles. The number of unbranched alkanes of at least 4 members (excludes halogenated alkanes) is 4. The minimum atomic E-state index is -2.41. The molecule has 0 heterocycles. The number of rotatable bonds is 8. The number of hydrogen-bond donors (Lipinski definition) is 0. The van der Waals surface area contributed by atoms with E-state index in [2.05, 4.69) is 13.8 Å². The molecule has 0 amide bonds. The van der Waals surface area contributed by atoms with Crippen LogP contribution >= 0.6 is 16.1 Å². The van der Waals surface area contributed by atoms with E-state index in [0.717, 1.165) is 38.5 Å². The smallest absolute Gasteiger partial charge is 0.802 e. The zero-order chi connectivity index (χ0) is 12.8. The molecule has 0 radical (unpaired) electrons. The van der Waals surface area contributed by atoms with Crippen LogP contribution in [0.3, 0.4) is 0 Å². The molecular formula is C10H24NiO4P2. The summed E-state index contributed by atoms with van der Waals surface area (Å²) >= 11 is 0. The summed E-state index contributed by atoms with van der Waals surface area (Å²) in [7, 11) is -4.81. The second kappa shape index (κ2) is 19.2. The van der Waals surface area contributed by atoms with Gasteiger partial charge in [-0.15, -0.1) is 0 Å². The van der Waals surface area contributed by atoms with Crippen LogP contribution in [0, 0.1) is 0 Å². The van der Waals surface area contributed by atoms with Gasteiger partial charge in [0.25, 0.3) is 0 Å². The van der Waals surface area contributed by atoms with Gasteiger partial charge in [-0.2, -0.15) is 0 Å². The standard InChI is InChI=1S/2C5H13O2P.Ni/c2*1-2-3-4-5-8(6)7;/h2*8H,2-5H2,1H3,(H,6,7);/q;;+2/p-2. The fraction of sp³-hybridized carbons (Fsp3) is 1.00. The van der Waals surface area contributed by atoms with Gasteiger partial charge in [-0.25, -0.2) is 0 Å². The van der Waals surface area contributed by atoms with Crippen LogP contribution in [0.15, 0.2) is 0 Å². The monoisotopic (exact) mass is 328 g/mol. The Kier molecular flexibility index (Phi) is 26.0. The minimum Gasteiger partial charge on any atom is -0.802 e. The summed E-state index contributed by atoms with van der Waals surface area (Å²) in [4.78, 5) is 19.9. The van der Waals surface area contributed by atoms with Gasteiger partial charge in [0.2, 0.25) is 0 Å². The Balaban J connectivity index is -0.000000218. The van der Waals surface area contributed by atoms with Crippen molar-refractivity contribution in [2.75, 3.05) is 12.3 Å². The van der Waals surface area contributed by atoms with Crippen molar-refractivity contribution in [1.82, 2.24) is 0 Å². The zero-order valence-electron chi connectivity index (χ0n) is 10.6. The van der Waals surface area contributed by atoms with Crippen LogP contribution in [0.1, 0.15) is 52.4 Å². The van der Waals surface area contributed by atoms with Crippen molar-refractivity contribution < 1.29 is 35.4 Å². The molecule has 0 aliphatic rings. The van der Waals surface area contributed by atoms with Crippen molar-refractivity contribution in [1.29, 1.82) is 0 Å². The average Bonchev–Trinajstić information content (AvgIpc) is 2.18. The molecule has 0 aromatic rings. The summed E-state index contributed by atoms with van der Waals surface area (Å²) in [5, 5.41) is 0. The Morgan fingerprint density at radius 3 is 1.24 bits per heavy atom. The molecule has 0 aliphatic carbocycles. The first kappa shape index (κ1) is 23.0. The Bertz CT molecular complexity index is 171. The Hall–Kier alpha value is 0.874. The van der Waals surface area contributed by atoms with Crippen LogP contribution < -0.4 is 9.79 Å². The van der Waals surface area contributed by atoms with E-state index in [1.807, 2.05) is 0 Å². The molecule has 0 spiro atoms. The maximum Gasteiger partial charge on any atom is 2.00 e. The molecule has 4 nitrogen and oxygen atoms in total. The summed E-state index contributed by atoms with van der Waals surface area (Å²) in [6.45, 7) is 4.12. The molecule has 0 rings (SSSR count). The molecule has 2 unspecified atom stereocenters. The van der Waals surface area contributed by atoms with Gasteiger partial charge in [-0.05, 0) is 25.2 Å². The van der Waals surface area contributed by atoms with E-state index >= 15 is 0 Å². The van der Waals surface area contributed by atoms with Gasteiger partial charge in [0.15, 0.2) is 0 Å². The normalized spacial score (nSPS) is 12.9. The maximum atomic E-state index is 9.95. The molecule has 0 N–H and O–H groups in total. The molecule has 0 saturated carbocycles. The van der Waals surface area contributed by atoms with Gasteiger partial charge in [-0.1, -0.05) is 39.5 Å². The average molecular weight is 329 g/mol. The van der Waals surface area contributed by atoms with Crippen molar-refractivity contribution in [2.24, 2.45) is 0 Å². The van der Waals surface area contributed by atoms with E-state index < -0.39 is 16.1 Å². The van der Waals surface area contributed by atoms with E-state index in [4.69, 9.17) is 0 Å². The first-order chi connectivity index (χ1) is 7.54. The second-order valence-corrected chi connectivity index (χ2v) is 6.15. The van der Waals surface area contributed by atoms with Crippen LogP contribution in [0.4, 0.5) is 0 Å². The Labute approximate surface area is 116 Å². The van der Waals surface area contributed by atoms with Crippen molar-refractivity contribution in [2.45, 2.75) is 52.4 Å². The van der Waals surface area contributed by atoms with E-state index in [1.165, 1.54) is 0 Å². The summed E-state index contributed by atoms with van der Waals surface area (Å²) in [6.07, 6.45) is 6.76. The third-order valence-corrected chi connectivity index (χ3v) is 3.49. The Morgan fingerprint density at radius 1 is 0.765 bits per heavy atom. The molecule has 0 saturated heterocycles. The predicted molar refractivity (Wildman–Crippen MR) is 66.8 cm³/mol. The van der Waals surface area contributed by atoms with Gasteiger partial charge in [0.05, 0.1) is 0 Å². The van der Waals surface area contributed by atoms with Crippen LogP contribution in [0.25, 0.3) is 0 Å². The quantitative estimate of drug-likeness (QED) is 0.388. The molecule has 108 valence electrons. The van der Waals surface area contributed by atoms with Crippen molar-refractivity contribution in [3.63, 3.8) is 0 Å². The topological polar surface area (TPSA) is 80.3 Å². The van der Waals surface area contributed by atoms with Gasteiger partial charge >= 0.3 is 16.5 Å². The molecule has 0 fully saturated rings. The summed E-state index contributed by atoms with van der Waals surface area (Å²) in [6, 6.07) is 0. The second-order valence-electron chi connectivity index (χ2n) is 3.66. The molecule has 0 aliphatic heterocycles. The molecule has 17 heavy (non-hydrogen) atoms. The van der Waals surface area contributed by atoms with Gasteiger partial charge in [-0.3, -0.25) is 0 Å². The Morgan fingerprint density at radius 2 is 1.06 bits per heavy atom. The van der Waals surface area contributed by atoms with Gasteiger partial charge < -0.3 is 18.9 Å². The van der Waals surface area contributed by atoms with Gasteiger partial charge in [0.1, 0.15) is 0 Å². The zero-order valence-corrected chi connectivity index (χ0v) is 13.6. The van der Waals surface area contributed by atoms with Crippen LogP contribution in [-0.2, 0) is 25.6 Å². The molecule has 7 heteroatoms. The van der Waals surface area contributed by atoms with Crippen LogP contribution in [-0.4, -0.2) is 12.3 Å². The van der Waals surface area contributed by atoms with E-state index in [0.29, 0.717) is 12.3 Å². The van der Waals surface area contributed by atoms with E-state index in [-0.39, 0.29) is 16.5 Å². The SMILES string of the molecule is CCCCC[PH](=O)[O-].CCCCC[PH](=O)[O-].[Ni+2]. The number of hydrogen-bond acceptors (Lipinski definition) is 4. The fourth-order valence-electron chi connectivity index (χ4n) is 1.04. The van der Waals surface area contributed by atoms with E-state index in [9.17, 15) is 18.9 Å². The van der Waals surface area contributed by atoms with Crippen LogP contribution in [0.2, 0.25) is 0 Å². The van der Waals surface area contributed by atoms with Crippen molar-refractivity contribution in [3.05, 3.63) is 0 Å². The van der Waals surface area contributed by atoms with Crippen molar-refractivity contribution >= 4 is 16.1 Å². The summed E-state index contributed by atoms with van der Waals surface area (Å²) < 4.78 is 19.9. The first-order valence-corrected chi connectivity index (χ1v) is 8.99. The largest absolute Gasteiger partial charge is 2.00 e. The van der Waals surface area contributed by atoms with Crippen molar-refractivity contribution in [3.8, 4) is 0 Å². The maximum absolute atomic E-state index is 9.95. The predicted octanol–water partition coefficient (Wildman–Crippen LogP) is 2.02. The summed E-state index contributed by atoms with van der Waals surface area (Å²) in [5.74, 6) is 0. The fourth-order valence-corrected chi connectivity index (χ4v) is 2.12. The first-order valence-electron chi connectivity index (χ1n) is 5.94. The van der Waals surface area contributed by atoms with E-state index in [1.54, 1.807) is 0 Å². The molecular weight excluding hydrogens is 305 g/mol. The molecule has 0 bridgehead atoms.